The second-order valence-electron chi connectivity index (χ2n) is 6.09. The molecule has 0 spiro atoms. The molecule has 1 aliphatic heterocycles. The van der Waals surface area contributed by atoms with Crippen molar-refractivity contribution in [3.8, 4) is 0 Å². The zero-order valence-electron chi connectivity index (χ0n) is 13.8. The number of carbonyl (C=O) groups is 3. The molecule has 130 valence electrons. The second kappa shape index (κ2) is 8.97. The highest BCUT2D eigenvalue weighted by molar-refractivity contribution is 9.10. The first-order valence-electron chi connectivity index (χ1n) is 8.20. The van der Waals surface area contributed by atoms with Crippen LogP contribution >= 0.6 is 15.9 Å². The van der Waals surface area contributed by atoms with Gasteiger partial charge in [-0.25, -0.2) is 0 Å². The van der Waals surface area contributed by atoms with Crippen LogP contribution in [0.4, 0.5) is 0 Å². The van der Waals surface area contributed by atoms with E-state index >= 15 is 0 Å². The van der Waals surface area contributed by atoms with Crippen LogP contribution in [-0.2, 0) is 14.3 Å². The lowest BCUT2D eigenvalue weighted by molar-refractivity contribution is -0.155. The summed E-state index contributed by atoms with van der Waals surface area (Å²) >= 11 is 3.32. The van der Waals surface area contributed by atoms with Gasteiger partial charge in [-0.1, -0.05) is 35.0 Å². The number of halogens is 1. The van der Waals surface area contributed by atoms with Gasteiger partial charge in [0.15, 0.2) is 12.4 Å². The minimum absolute atomic E-state index is 0.0627. The third kappa shape index (κ3) is 5.44. The van der Waals surface area contributed by atoms with Gasteiger partial charge in [0.25, 0.3) is 5.91 Å². The fraction of sp³-hybridized carbons (Fsp3) is 0.500. The predicted octanol–water partition coefficient (Wildman–Crippen LogP) is 3.21. The van der Waals surface area contributed by atoms with Crippen molar-refractivity contribution in [1.29, 1.82) is 0 Å². The summed E-state index contributed by atoms with van der Waals surface area (Å²) < 4.78 is 5.90. The summed E-state index contributed by atoms with van der Waals surface area (Å²) in [5.41, 5.74) is 0.549. The van der Waals surface area contributed by atoms with E-state index in [1.165, 1.54) is 0 Å². The van der Waals surface area contributed by atoms with E-state index < -0.39 is 11.9 Å². The molecule has 6 heteroatoms. The quantitative estimate of drug-likeness (QED) is 0.547. The Labute approximate surface area is 150 Å². The number of ether oxygens (including phenoxy) is 1. The molecule has 1 saturated heterocycles. The number of hydrogen-bond donors (Lipinski definition) is 0. The number of rotatable bonds is 6. The number of benzene rings is 1. The lowest BCUT2D eigenvalue weighted by Gasteiger charge is -2.26. The molecule has 0 bridgehead atoms. The zero-order chi connectivity index (χ0) is 17.5. The van der Waals surface area contributed by atoms with E-state index in [-0.39, 0.29) is 24.7 Å². The van der Waals surface area contributed by atoms with Gasteiger partial charge in [0.2, 0.25) is 0 Å². The van der Waals surface area contributed by atoms with Crippen LogP contribution in [0.5, 0.6) is 0 Å². The van der Waals surface area contributed by atoms with E-state index in [9.17, 15) is 14.4 Å². The van der Waals surface area contributed by atoms with Crippen molar-refractivity contribution in [2.75, 3.05) is 19.7 Å². The second-order valence-corrected chi connectivity index (χ2v) is 7.00. The number of nitrogens with zero attached hydrogens (tertiary/aromatic N) is 1. The van der Waals surface area contributed by atoms with Gasteiger partial charge in [0.1, 0.15) is 0 Å². The minimum Gasteiger partial charge on any atom is -0.455 e. The van der Waals surface area contributed by atoms with Gasteiger partial charge in [-0.2, -0.15) is 0 Å². The molecule has 0 saturated carbocycles. The highest BCUT2D eigenvalue weighted by atomic mass is 79.9. The summed E-state index contributed by atoms with van der Waals surface area (Å²) in [5, 5.41) is 0. The summed E-state index contributed by atoms with van der Waals surface area (Å²) in [4.78, 5) is 37.9. The van der Waals surface area contributed by atoms with Crippen LogP contribution in [0, 0.1) is 5.92 Å². The average molecular weight is 396 g/mol. The van der Waals surface area contributed by atoms with E-state index in [0.717, 1.165) is 36.8 Å². The van der Waals surface area contributed by atoms with Crippen molar-refractivity contribution in [2.24, 2.45) is 5.92 Å². The molecule has 0 unspecified atom stereocenters. The number of Topliss-reactive ketones (excluding diaryl/α,β-unsaturated/α-hetero) is 1. The molecule has 1 heterocycles. The smallest absolute Gasteiger partial charge is 0.309 e. The number of carbonyl (C=O) groups excluding carboxylic acids is 3. The standard InChI is InChI=1S/C18H22BrNO4/c1-13(10-16(21)14-6-5-7-15(19)11-14)18(23)24-12-17(22)20-8-3-2-4-9-20/h5-7,11,13H,2-4,8-10,12H2,1H3/t13-/m0/s1. The highest BCUT2D eigenvalue weighted by Crippen LogP contribution is 2.16. The maximum Gasteiger partial charge on any atom is 0.309 e. The number of amides is 1. The number of hydrogen-bond acceptors (Lipinski definition) is 4. The topological polar surface area (TPSA) is 63.7 Å². The Morgan fingerprint density at radius 2 is 1.92 bits per heavy atom. The van der Waals surface area contributed by atoms with Crippen LogP contribution in [0.2, 0.25) is 0 Å². The molecular weight excluding hydrogens is 374 g/mol. The third-order valence-electron chi connectivity index (χ3n) is 4.09. The molecule has 1 aromatic carbocycles. The minimum atomic E-state index is -0.578. The lowest BCUT2D eigenvalue weighted by atomic mass is 10.00. The van der Waals surface area contributed by atoms with Crippen molar-refractivity contribution < 1.29 is 19.1 Å². The maximum absolute atomic E-state index is 12.2. The third-order valence-corrected chi connectivity index (χ3v) is 4.58. The fourth-order valence-electron chi connectivity index (χ4n) is 2.65. The normalized spacial score (nSPS) is 15.7. The van der Waals surface area contributed by atoms with Gasteiger partial charge in [0, 0.05) is 29.5 Å². The van der Waals surface area contributed by atoms with Crippen LogP contribution in [-0.4, -0.2) is 42.3 Å². The molecule has 24 heavy (non-hydrogen) atoms. The Morgan fingerprint density at radius 3 is 2.58 bits per heavy atom. The van der Waals surface area contributed by atoms with E-state index in [1.807, 2.05) is 6.07 Å². The van der Waals surface area contributed by atoms with Gasteiger partial charge in [-0.05, 0) is 31.4 Å². The Kier molecular flexibility index (Phi) is 6.97. The van der Waals surface area contributed by atoms with Gasteiger partial charge < -0.3 is 9.64 Å². The molecule has 1 atom stereocenters. The summed E-state index contributed by atoms with van der Waals surface area (Å²) in [7, 11) is 0. The fourth-order valence-corrected chi connectivity index (χ4v) is 3.05. The Morgan fingerprint density at radius 1 is 1.21 bits per heavy atom. The molecule has 0 aromatic heterocycles. The van der Waals surface area contributed by atoms with E-state index in [1.54, 1.807) is 30.0 Å². The molecule has 2 rings (SSSR count). The highest BCUT2D eigenvalue weighted by Gasteiger charge is 2.22. The van der Waals surface area contributed by atoms with Crippen LogP contribution in [0.3, 0.4) is 0 Å². The molecule has 1 fully saturated rings. The monoisotopic (exact) mass is 395 g/mol. The van der Waals surface area contributed by atoms with Crippen LogP contribution < -0.4 is 0 Å². The first-order chi connectivity index (χ1) is 11.5. The molecule has 5 nitrogen and oxygen atoms in total. The van der Waals surface area contributed by atoms with Crippen molar-refractivity contribution in [3.05, 3.63) is 34.3 Å². The molecule has 1 aromatic rings. The van der Waals surface area contributed by atoms with E-state index in [0.29, 0.717) is 5.56 Å². The molecule has 0 N–H and O–H groups in total. The average Bonchev–Trinajstić information content (AvgIpc) is 2.60. The van der Waals surface area contributed by atoms with Crippen LogP contribution in [0.15, 0.2) is 28.7 Å². The molecule has 0 aliphatic carbocycles. The molecule has 1 aliphatic rings. The summed E-state index contributed by atoms with van der Waals surface area (Å²) in [6.07, 6.45) is 3.19. The number of esters is 1. The summed E-state index contributed by atoms with van der Waals surface area (Å²) in [6.45, 7) is 2.86. The molecule has 0 radical (unpaired) electrons. The van der Waals surface area contributed by atoms with Crippen molar-refractivity contribution in [2.45, 2.75) is 32.6 Å². The van der Waals surface area contributed by atoms with Gasteiger partial charge >= 0.3 is 5.97 Å². The van der Waals surface area contributed by atoms with Crippen LogP contribution in [0.1, 0.15) is 43.0 Å². The summed E-state index contributed by atoms with van der Waals surface area (Å²) in [5.74, 6) is -1.37. The Hall–Kier alpha value is -1.69. The first-order valence-corrected chi connectivity index (χ1v) is 9.00. The Balaban J connectivity index is 1.79. The largest absolute Gasteiger partial charge is 0.455 e. The van der Waals surface area contributed by atoms with Gasteiger partial charge in [0.05, 0.1) is 5.92 Å². The van der Waals surface area contributed by atoms with Crippen molar-refractivity contribution >= 4 is 33.6 Å². The number of piperidine rings is 1. The SMILES string of the molecule is C[C@@H](CC(=O)c1cccc(Br)c1)C(=O)OCC(=O)N1CCCCC1. The van der Waals surface area contributed by atoms with Crippen LogP contribution in [0.25, 0.3) is 0 Å². The zero-order valence-corrected chi connectivity index (χ0v) is 15.4. The van der Waals surface area contributed by atoms with Crippen molar-refractivity contribution in [1.82, 2.24) is 4.90 Å². The molecule has 1 amide bonds. The van der Waals surface area contributed by atoms with Gasteiger partial charge in [-0.3, -0.25) is 14.4 Å². The number of likely N-dealkylation sites (tertiary alicyclic amines) is 1. The maximum atomic E-state index is 12.2. The summed E-state index contributed by atoms with van der Waals surface area (Å²) in [6, 6.07) is 7.05. The van der Waals surface area contributed by atoms with E-state index in [2.05, 4.69) is 15.9 Å². The molecular formula is C18H22BrNO4. The lowest BCUT2D eigenvalue weighted by Crippen LogP contribution is -2.38. The first kappa shape index (κ1) is 18.6. The van der Waals surface area contributed by atoms with Gasteiger partial charge in [-0.15, -0.1) is 0 Å². The van der Waals surface area contributed by atoms with E-state index in [4.69, 9.17) is 4.74 Å². The number of ketones is 1. The predicted molar refractivity (Wildman–Crippen MR) is 93.6 cm³/mol. The Bertz CT molecular complexity index is 611. The van der Waals surface area contributed by atoms with Crippen molar-refractivity contribution in [3.63, 3.8) is 0 Å².